The molecule has 1 saturated carbocycles. The number of likely N-dealkylation sites (tertiary alicyclic amines) is 1. The van der Waals surface area contributed by atoms with E-state index in [1.165, 1.54) is 32.1 Å². The van der Waals surface area contributed by atoms with Gasteiger partial charge in [-0.05, 0) is 25.8 Å². The molecular weight excluding hydrogens is 284 g/mol. The fourth-order valence-electron chi connectivity index (χ4n) is 3.42. The lowest BCUT2D eigenvalue weighted by molar-refractivity contribution is -0.124. The number of hydrogen-bond acceptors (Lipinski definition) is 4. The van der Waals surface area contributed by atoms with Gasteiger partial charge in [0.15, 0.2) is 0 Å². The van der Waals surface area contributed by atoms with Gasteiger partial charge in [0, 0.05) is 25.6 Å². The first-order valence-corrected chi connectivity index (χ1v) is 8.17. The number of nitrogens with two attached hydrogens (primary N) is 1. The first-order chi connectivity index (χ1) is 10.6. The highest BCUT2D eigenvalue weighted by Crippen LogP contribution is 2.27. The third-order valence-electron chi connectivity index (χ3n) is 4.60. The van der Waals surface area contributed by atoms with Gasteiger partial charge in [0.25, 0.3) is 0 Å². The van der Waals surface area contributed by atoms with Gasteiger partial charge >= 0.3 is 6.03 Å². The second kappa shape index (κ2) is 8.12. The zero-order valence-corrected chi connectivity index (χ0v) is 13.0. The molecule has 1 aliphatic heterocycles. The summed E-state index contributed by atoms with van der Waals surface area (Å²) in [6.45, 7) is 2.05. The molecule has 4 amide bonds. The summed E-state index contributed by atoms with van der Waals surface area (Å²) in [6, 6.07) is -0.219. The van der Waals surface area contributed by atoms with E-state index in [9.17, 15) is 14.4 Å². The molecule has 7 heteroatoms. The predicted octanol–water partition coefficient (Wildman–Crippen LogP) is 0.342. The maximum absolute atomic E-state index is 12.1. The van der Waals surface area contributed by atoms with E-state index >= 15 is 0 Å². The minimum Gasteiger partial charge on any atom is -0.355 e. The number of rotatable bonds is 5. The minimum absolute atomic E-state index is 0.00480. The molecule has 22 heavy (non-hydrogen) atoms. The highest BCUT2D eigenvalue weighted by atomic mass is 16.2. The molecule has 2 rings (SSSR count). The number of imide groups is 1. The van der Waals surface area contributed by atoms with Gasteiger partial charge in [-0.15, -0.1) is 0 Å². The molecule has 0 bridgehead atoms. The number of nitrogens with zero attached hydrogens (tertiary/aromatic N) is 1. The molecule has 0 radical (unpaired) electrons. The lowest BCUT2D eigenvalue weighted by Crippen LogP contribution is -2.39. The highest BCUT2D eigenvalue weighted by molar-refractivity contribution is 5.93. The summed E-state index contributed by atoms with van der Waals surface area (Å²) in [5, 5.41) is 4.75. The Hall–Kier alpha value is -1.63. The number of carbonyl (C=O) groups is 3. The van der Waals surface area contributed by atoms with Crippen LogP contribution in [-0.4, -0.2) is 48.4 Å². The Morgan fingerprint density at radius 1 is 1.09 bits per heavy atom. The Morgan fingerprint density at radius 3 is 2.50 bits per heavy atom. The van der Waals surface area contributed by atoms with Crippen molar-refractivity contribution in [1.29, 1.82) is 0 Å². The van der Waals surface area contributed by atoms with Gasteiger partial charge in [-0.25, -0.2) is 4.79 Å². The first kappa shape index (κ1) is 16.7. The molecule has 0 aromatic heterocycles. The Kier molecular flexibility index (Phi) is 6.18. The molecule has 124 valence electrons. The molecule has 2 aliphatic rings. The van der Waals surface area contributed by atoms with Crippen molar-refractivity contribution in [2.75, 3.05) is 19.6 Å². The first-order valence-electron chi connectivity index (χ1n) is 8.17. The Morgan fingerprint density at radius 2 is 1.82 bits per heavy atom. The fourth-order valence-corrected chi connectivity index (χ4v) is 3.42. The Bertz CT molecular complexity index is 421. The number of amides is 4. The van der Waals surface area contributed by atoms with Gasteiger partial charge < -0.3 is 11.1 Å². The van der Waals surface area contributed by atoms with Gasteiger partial charge in [-0.3, -0.25) is 19.8 Å². The second-order valence-electron chi connectivity index (χ2n) is 6.23. The van der Waals surface area contributed by atoms with Crippen LogP contribution in [0.5, 0.6) is 0 Å². The van der Waals surface area contributed by atoms with E-state index in [-0.39, 0.29) is 24.8 Å². The maximum Gasteiger partial charge on any atom is 0.318 e. The molecule has 1 atom stereocenters. The number of carbonyl (C=O) groups excluding carboxylic acids is 3. The quantitative estimate of drug-likeness (QED) is 0.681. The second-order valence-corrected chi connectivity index (χ2v) is 6.23. The molecule has 7 nitrogen and oxygen atoms in total. The van der Waals surface area contributed by atoms with Crippen LogP contribution in [0.3, 0.4) is 0 Å². The van der Waals surface area contributed by atoms with Gasteiger partial charge in [-0.2, -0.15) is 0 Å². The summed E-state index contributed by atoms with van der Waals surface area (Å²) < 4.78 is 0. The largest absolute Gasteiger partial charge is 0.355 e. The van der Waals surface area contributed by atoms with Crippen molar-refractivity contribution < 1.29 is 14.4 Å². The molecule has 1 saturated heterocycles. The molecule has 4 N–H and O–H groups in total. The van der Waals surface area contributed by atoms with Crippen LogP contribution in [0.1, 0.15) is 44.9 Å². The van der Waals surface area contributed by atoms with Gasteiger partial charge in [0.1, 0.15) is 0 Å². The predicted molar refractivity (Wildman–Crippen MR) is 81.9 cm³/mol. The van der Waals surface area contributed by atoms with E-state index < -0.39 is 11.9 Å². The Balaban J connectivity index is 1.66. The van der Waals surface area contributed by atoms with Crippen LogP contribution in [0.25, 0.3) is 0 Å². The van der Waals surface area contributed by atoms with Crippen molar-refractivity contribution in [2.45, 2.75) is 51.0 Å². The molecule has 0 aromatic carbocycles. The van der Waals surface area contributed by atoms with Crippen LogP contribution in [0.2, 0.25) is 0 Å². The molecule has 1 unspecified atom stereocenters. The van der Waals surface area contributed by atoms with E-state index in [4.69, 9.17) is 5.73 Å². The van der Waals surface area contributed by atoms with Crippen LogP contribution < -0.4 is 16.4 Å². The molecule has 1 heterocycles. The van der Waals surface area contributed by atoms with E-state index in [1.54, 1.807) is 0 Å². The summed E-state index contributed by atoms with van der Waals surface area (Å²) >= 11 is 0. The molecule has 0 aromatic rings. The standard InChI is InChI=1S/C15H26N4O3/c16-15(22)18-13(20)6-8-17-14(21)11-7-9-19(10-11)12-4-2-1-3-5-12/h11-12H,1-10H2,(H,17,21)(H3,16,18,20,22). The van der Waals surface area contributed by atoms with E-state index in [1.807, 2.05) is 5.32 Å². The summed E-state index contributed by atoms with van der Waals surface area (Å²) in [4.78, 5) is 36.3. The maximum atomic E-state index is 12.1. The van der Waals surface area contributed by atoms with Gasteiger partial charge in [0.2, 0.25) is 11.8 Å². The van der Waals surface area contributed by atoms with Crippen LogP contribution in [-0.2, 0) is 9.59 Å². The lowest BCUT2D eigenvalue weighted by atomic mass is 9.94. The summed E-state index contributed by atoms with van der Waals surface area (Å²) in [5.74, 6) is -0.450. The number of hydrogen-bond donors (Lipinski definition) is 3. The van der Waals surface area contributed by atoms with E-state index in [2.05, 4.69) is 10.2 Å². The fraction of sp³-hybridized carbons (Fsp3) is 0.800. The monoisotopic (exact) mass is 310 g/mol. The van der Waals surface area contributed by atoms with Crippen LogP contribution in [0, 0.1) is 5.92 Å². The number of primary amides is 1. The number of nitrogens with one attached hydrogen (secondary N) is 2. The normalized spacial score (nSPS) is 23.2. The topological polar surface area (TPSA) is 105 Å². The van der Waals surface area contributed by atoms with Crippen LogP contribution in [0.15, 0.2) is 0 Å². The molecule has 2 fully saturated rings. The van der Waals surface area contributed by atoms with Crippen molar-refractivity contribution in [1.82, 2.24) is 15.5 Å². The van der Waals surface area contributed by atoms with Crippen molar-refractivity contribution >= 4 is 17.8 Å². The summed E-state index contributed by atoms with van der Waals surface area (Å²) in [7, 11) is 0. The third kappa shape index (κ3) is 4.98. The van der Waals surface area contributed by atoms with Crippen molar-refractivity contribution in [3.05, 3.63) is 0 Å². The summed E-state index contributed by atoms with van der Waals surface area (Å²) in [6.07, 6.45) is 7.38. The number of urea groups is 1. The van der Waals surface area contributed by atoms with Crippen LogP contribution >= 0.6 is 0 Å². The van der Waals surface area contributed by atoms with E-state index in [0.29, 0.717) is 6.04 Å². The van der Waals surface area contributed by atoms with Crippen molar-refractivity contribution in [3.8, 4) is 0 Å². The zero-order valence-electron chi connectivity index (χ0n) is 13.0. The SMILES string of the molecule is NC(=O)NC(=O)CCNC(=O)C1CCN(C2CCCCC2)C1. The third-order valence-corrected chi connectivity index (χ3v) is 4.60. The molecule has 0 spiro atoms. The average molecular weight is 310 g/mol. The van der Waals surface area contributed by atoms with Gasteiger partial charge in [-0.1, -0.05) is 19.3 Å². The van der Waals surface area contributed by atoms with Crippen molar-refractivity contribution in [3.63, 3.8) is 0 Å². The lowest BCUT2D eigenvalue weighted by Gasteiger charge is -2.30. The van der Waals surface area contributed by atoms with Gasteiger partial charge in [0.05, 0.1) is 5.92 Å². The average Bonchev–Trinajstić information content (AvgIpc) is 2.97. The van der Waals surface area contributed by atoms with Crippen LogP contribution in [0.4, 0.5) is 4.79 Å². The van der Waals surface area contributed by atoms with E-state index in [0.717, 1.165) is 19.5 Å². The highest BCUT2D eigenvalue weighted by Gasteiger charge is 2.32. The molecular formula is C15H26N4O3. The zero-order chi connectivity index (χ0) is 15.9. The summed E-state index contributed by atoms with van der Waals surface area (Å²) in [5.41, 5.74) is 4.85. The van der Waals surface area contributed by atoms with Crippen molar-refractivity contribution in [2.24, 2.45) is 11.7 Å². The smallest absolute Gasteiger partial charge is 0.318 e. The minimum atomic E-state index is -0.866. The molecule has 1 aliphatic carbocycles. The Labute approximate surface area is 131 Å².